The van der Waals surface area contributed by atoms with Crippen molar-refractivity contribution in [2.24, 2.45) is 0 Å². The summed E-state index contributed by atoms with van der Waals surface area (Å²) in [4.78, 5) is 4.25. The lowest BCUT2D eigenvalue weighted by molar-refractivity contribution is 0.582. The van der Waals surface area contributed by atoms with E-state index in [1.165, 1.54) is 5.56 Å². The number of pyridine rings is 1. The molecule has 0 amide bonds. The molecule has 0 aliphatic rings. The van der Waals surface area contributed by atoms with Crippen molar-refractivity contribution in [1.29, 1.82) is 0 Å². The molecule has 0 fully saturated rings. The average Bonchev–Trinajstić information content (AvgIpc) is 2.07. The van der Waals surface area contributed by atoms with Crippen LogP contribution in [0.1, 0.15) is 45.9 Å². The molecule has 1 aromatic rings. The van der Waals surface area contributed by atoms with Crippen LogP contribution in [0.2, 0.25) is 0 Å². The largest absolute Gasteiger partial charge is 0.261 e. The Hall–Kier alpha value is -0.850. The maximum absolute atomic E-state index is 4.25. The van der Waals surface area contributed by atoms with Gasteiger partial charge in [-0.25, -0.2) is 0 Å². The molecule has 13 heavy (non-hydrogen) atoms. The summed E-state index contributed by atoms with van der Waals surface area (Å²) in [6.07, 6.45) is 1.84. The summed E-state index contributed by atoms with van der Waals surface area (Å²) in [5, 5.41) is 0. The normalized spacial score (nSPS) is 10.3. The molecular weight excluding hydrogens is 158 g/mol. The van der Waals surface area contributed by atoms with Gasteiger partial charge in [-0.05, 0) is 24.0 Å². The molecule has 0 saturated heterocycles. The number of aryl methyl sites for hydroxylation is 1. The fourth-order valence-corrected chi connectivity index (χ4v) is 1.28. The van der Waals surface area contributed by atoms with Gasteiger partial charge in [0.1, 0.15) is 0 Å². The summed E-state index contributed by atoms with van der Waals surface area (Å²) in [6, 6.07) is 4.13. The maximum atomic E-state index is 4.25. The molecule has 1 nitrogen and oxygen atoms in total. The fraction of sp³-hybridized carbons (Fsp3) is 0.583. The van der Waals surface area contributed by atoms with Crippen molar-refractivity contribution in [1.82, 2.24) is 4.98 Å². The second-order valence-electron chi connectivity index (χ2n) is 3.89. The molecule has 0 unspecified atom stereocenters. The summed E-state index contributed by atoms with van der Waals surface area (Å²) in [5.41, 5.74) is 2.69. The number of hydrogen-bond donors (Lipinski definition) is 0. The smallest absolute Gasteiger partial charge is 0.0409 e. The Bertz CT molecular complexity index is 246. The van der Waals surface area contributed by atoms with Crippen LogP contribution >= 0.6 is 0 Å². The number of nitrogens with zero attached hydrogens (tertiary/aromatic N) is 1. The van der Waals surface area contributed by atoms with E-state index in [4.69, 9.17) is 0 Å². The summed E-state index contributed by atoms with van der Waals surface area (Å²) in [7, 11) is 0. The van der Waals surface area contributed by atoms with Gasteiger partial charge < -0.3 is 0 Å². The quantitative estimate of drug-likeness (QED) is 0.591. The van der Waals surface area contributed by atoms with Crippen LogP contribution in [0.15, 0.2) is 18.3 Å². The van der Waals surface area contributed by atoms with Crippen LogP contribution in [0.4, 0.5) is 0 Å². The number of rotatable bonds is 0. The second kappa shape index (κ2) is 5.00. The second-order valence-corrected chi connectivity index (χ2v) is 3.89. The van der Waals surface area contributed by atoms with E-state index in [-0.39, 0.29) is 5.41 Å². The molecule has 0 spiro atoms. The lowest BCUT2D eigenvalue weighted by Crippen LogP contribution is -2.13. The van der Waals surface area contributed by atoms with E-state index in [0.717, 1.165) is 5.69 Å². The van der Waals surface area contributed by atoms with Gasteiger partial charge in [0.05, 0.1) is 0 Å². The Labute approximate surface area is 82.2 Å². The monoisotopic (exact) mass is 179 g/mol. The van der Waals surface area contributed by atoms with Gasteiger partial charge in [-0.2, -0.15) is 0 Å². The van der Waals surface area contributed by atoms with Crippen LogP contribution in [0.25, 0.3) is 0 Å². The molecule has 74 valence electrons. The maximum Gasteiger partial charge on any atom is 0.0409 e. The lowest BCUT2D eigenvalue weighted by atomic mass is 9.86. The summed E-state index contributed by atoms with van der Waals surface area (Å²) >= 11 is 0. The van der Waals surface area contributed by atoms with Crippen LogP contribution in [0, 0.1) is 6.92 Å². The van der Waals surface area contributed by atoms with Crippen molar-refractivity contribution >= 4 is 0 Å². The number of hydrogen-bond acceptors (Lipinski definition) is 1. The first-order valence-electron chi connectivity index (χ1n) is 4.94. The van der Waals surface area contributed by atoms with Crippen molar-refractivity contribution in [3.8, 4) is 0 Å². The summed E-state index contributed by atoms with van der Waals surface area (Å²) < 4.78 is 0. The van der Waals surface area contributed by atoms with Gasteiger partial charge in [-0.3, -0.25) is 4.98 Å². The van der Waals surface area contributed by atoms with Crippen LogP contribution in [0.3, 0.4) is 0 Å². The standard InChI is InChI=1S/C10H15N.C2H6/c1-8-9(10(2,3)4)6-5-7-11-8;1-2/h5-7H,1-4H3;1-2H3. The molecule has 0 bridgehead atoms. The zero-order valence-corrected chi connectivity index (χ0v) is 9.68. The molecule has 0 aliphatic carbocycles. The summed E-state index contributed by atoms with van der Waals surface area (Å²) in [5.74, 6) is 0. The minimum atomic E-state index is 0.221. The van der Waals surface area contributed by atoms with Crippen molar-refractivity contribution in [3.63, 3.8) is 0 Å². The highest BCUT2D eigenvalue weighted by Crippen LogP contribution is 2.23. The van der Waals surface area contributed by atoms with Gasteiger partial charge in [-0.15, -0.1) is 0 Å². The van der Waals surface area contributed by atoms with E-state index in [1.807, 2.05) is 26.1 Å². The Morgan fingerprint density at radius 2 is 1.69 bits per heavy atom. The van der Waals surface area contributed by atoms with Gasteiger partial charge >= 0.3 is 0 Å². The van der Waals surface area contributed by atoms with Gasteiger partial charge in [0, 0.05) is 11.9 Å². The average molecular weight is 179 g/mol. The summed E-state index contributed by atoms with van der Waals surface area (Å²) in [6.45, 7) is 12.7. The molecule has 0 atom stereocenters. The molecule has 0 N–H and O–H groups in total. The molecule has 0 saturated carbocycles. The molecule has 0 aliphatic heterocycles. The fourth-order valence-electron chi connectivity index (χ4n) is 1.28. The molecular formula is C12H21N. The van der Waals surface area contributed by atoms with E-state index >= 15 is 0 Å². The molecule has 0 radical (unpaired) electrons. The highest BCUT2D eigenvalue weighted by Gasteiger charge is 2.15. The van der Waals surface area contributed by atoms with Crippen LogP contribution in [0.5, 0.6) is 0 Å². The van der Waals surface area contributed by atoms with Crippen molar-refractivity contribution in [2.75, 3.05) is 0 Å². The SMILES string of the molecule is CC.Cc1ncccc1C(C)(C)C. The third-order valence-corrected chi connectivity index (χ3v) is 1.81. The highest BCUT2D eigenvalue weighted by atomic mass is 14.7. The highest BCUT2D eigenvalue weighted by molar-refractivity contribution is 5.25. The van der Waals surface area contributed by atoms with Gasteiger partial charge in [0.15, 0.2) is 0 Å². The minimum absolute atomic E-state index is 0.221. The van der Waals surface area contributed by atoms with Crippen LogP contribution in [-0.4, -0.2) is 4.98 Å². The topological polar surface area (TPSA) is 12.9 Å². The van der Waals surface area contributed by atoms with E-state index in [9.17, 15) is 0 Å². The molecule has 1 heteroatoms. The predicted octanol–water partition coefficient (Wildman–Crippen LogP) is 3.71. The molecule has 0 aromatic carbocycles. The Balaban J connectivity index is 0.000000671. The van der Waals surface area contributed by atoms with Crippen molar-refractivity contribution in [3.05, 3.63) is 29.6 Å². The van der Waals surface area contributed by atoms with Gasteiger partial charge in [0.2, 0.25) is 0 Å². The van der Waals surface area contributed by atoms with Gasteiger partial charge in [0.25, 0.3) is 0 Å². The van der Waals surface area contributed by atoms with E-state index in [1.54, 1.807) is 0 Å². The van der Waals surface area contributed by atoms with E-state index in [2.05, 4.69) is 38.7 Å². The zero-order chi connectivity index (χ0) is 10.5. The molecule has 1 heterocycles. The Morgan fingerprint density at radius 1 is 1.15 bits per heavy atom. The first-order chi connectivity index (χ1) is 6.02. The van der Waals surface area contributed by atoms with Crippen molar-refractivity contribution < 1.29 is 0 Å². The molecule has 1 aromatic heterocycles. The lowest BCUT2D eigenvalue weighted by Gasteiger charge is -2.20. The first kappa shape index (κ1) is 12.2. The zero-order valence-electron chi connectivity index (χ0n) is 9.68. The van der Waals surface area contributed by atoms with Crippen LogP contribution < -0.4 is 0 Å². The third-order valence-electron chi connectivity index (χ3n) is 1.81. The Kier molecular flexibility index (Phi) is 4.68. The van der Waals surface area contributed by atoms with Gasteiger partial charge in [-0.1, -0.05) is 40.7 Å². The van der Waals surface area contributed by atoms with E-state index < -0.39 is 0 Å². The third kappa shape index (κ3) is 3.58. The van der Waals surface area contributed by atoms with Crippen LogP contribution in [-0.2, 0) is 5.41 Å². The predicted molar refractivity (Wildman–Crippen MR) is 59.0 cm³/mol. The minimum Gasteiger partial charge on any atom is -0.261 e. The number of aromatic nitrogens is 1. The first-order valence-corrected chi connectivity index (χ1v) is 4.94. The van der Waals surface area contributed by atoms with E-state index in [0.29, 0.717) is 0 Å². The Morgan fingerprint density at radius 3 is 2.00 bits per heavy atom. The van der Waals surface area contributed by atoms with Crippen molar-refractivity contribution in [2.45, 2.75) is 47.0 Å². The molecule has 1 rings (SSSR count).